The Bertz CT molecular complexity index is 275. The minimum absolute atomic E-state index is 0.273. The van der Waals surface area contributed by atoms with E-state index in [1.165, 1.54) is 0 Å². The van der Waals surface area contributed by atoms with Gasteiger partial charge in [0.25, 0.3) is 0 Å². The van der Waals surface area contributed by atoms with Crippen molar-refractivity contribution in [2.45, 2.75) is 45.7 Å². The quantitative estimate of drug-likeness (QED) is 0.777. The minimum atomic E-state index is 0.273. The van der Waals surface area contributed by atoms with Gasteiger partial charge in [-0.1, -0.05) is 6.92 Å². The molecule has 1 heterocycles. The van der Waals surface area contributed by atoms with E-state index in [9.17, 15) is 0 Å². The molecule has 15 heavy (non-hydrogen) atoms. The molecule has 0 saturated carbocycles. The van der Waals surface area contributed by atoms with Crippen LogP contribution in [0.5, 0.6) is 5.75 Å². The Morgan fingerprint density at radius 1 is 1.53 bits per heavy atom. The van der Waals surface area contributed by atoms with E-state index in [1.54, 1.807) is 13.3 Å². The lowest BCUT2D eigenvalue weighted by Crippen LogP contribution is -2.20. The molecule has 2 N–H and O–H groups in total. The van der Waals surface area contributed by atoms with Gasteiger partial charge < -0.3 is 10.5 Å². The molecule has 0 aromatic carbocycles. The molecule has 1 aromatic heterocycles. The van der Waals surface area contributed by atoms with Crippen LogP contribution in [-0.4, -0.2) is 22.9 Å². The van der Waals surface area contributed by atoms with E-state index in [1.807, 2.05) is 4.68 Å². The number of ether oxygens (including phenoxy) is 1. The summed E-state index contributed by atoms with van der Waals surface area (Å²) in [4.78, 5) is 0. The number of rotatable bonds is 6. The first kappa shape index (κ1) is 12.0. The summed E-state index contributed by atoms with van der Waals surface area (Å²) in [5.41, 5.74) is 7.06. The Hall–Kier alpha value is -1.03. The van der Waals surface area contributed by atoms with Crippen LogP contribution in [0.2, 0.25) is 0 Å². The molecular formula is C11H21N3O. The first-order chi connectivity index (χ1) is 7.22. The van der Waals surface area contributed by atoms with Gasteiger partial charge in [0.2, 0.25) is 0 Å². The maximum atomic E-state index is 5.90. The summed E-state index contributed by atoms with van der Waals surface area (Å²) in [6, 6.07) is 0.273. The fraction of sp³-hybridized carbons (Fsp3) is 0.727. The van der Waals surface area contributed by atoms with Gasteiger partial charge in [0.05, 0.1) is 19.0 Å². The smallest absolute Gasteiger partial charge is 0.159 e. The number of aryl methyl sites for hydroxylation is 1. The van der Waals surface area contributed by atoms with Gasteiger partial charge in [-0.3, -0.25) is 4.68 Å². The Labute approximate surface area is 91.4 Å². The Morgan fingerprint density at radius 3 is 2.80 bits per heavy atom. The fourth-order valence-corrected chi connectivity index (χ4v) is 1.62. The molecule has 0 amide bonds. The van der Waals surface area contributed by atoms with E-state index in [4.69, 9.17) is 10.5 Å². The van der Waals surface area contributed by atoms with Crippen LogP contribution >= 0.6 is 0 Å². The predicted octanol–water partition coefficient (Wildman–Crippen LogP) is 1.58. The van der Waals surface area contributed by atoms with E-state index in [0.717, 1.165) is 37.3 Å². The topological polar surface area (TPSA) is 53.1 Å². The molecule has 4 nitrogen and oxygen atoms in total. The van der Waals surface area contributed by atoms with Gasteiger partial charge in [-0.2, -0.15) is 5.10 Å². The monoisotopic (exact) mass is 211 g/mol. The van der Waals surface area contributed by atoms with Crippen molar-refractivity contribution in [2.24, 2.45) is 5.73 Å². The van der Waals surface area contributed by atoms with Crippen molar-refractivity contribution in [2.75, 3.05) is 7.11 Å². The number of nitrogens with two attached hydrogens (primary N) is 1. The third-order valence-electron chi connectivity index (χ3n) is 2.71. The molecule has 0 spiro atoms. The molecule has 1 unspecified atom stereocenters. The normalized spacial score (nSPS) is 12.8. The summed E-state index contributed by atoms with van der Waals surface area (Å²) in [7, 11) is 1.68. The largest absolute Gasteiger partial charge is 0.493 e. The first-order valence-electron chi connectivity index (χ1n) is 5.57. The predicted molar refractivity (Wildman–Crippen MR) is 61.0 cm³/mol. The molecule has 1 aromatic rings. The standard InChI is InChI=1S/C11H21N3O/c1-4-9(12)6-7-10-11(15-3)8-13-14(10)5-2/h8-9H,4-7,12H2,1-3H3. The molecule has 1 rings (SSSR count). The number of methoxy groups -OCH3 is 1. The average molecular weight is 211 g/mol. The zero-order valence-electron chi connectivity index (χ0n) is 9.86. The summed E-state index contributed by atoms with van der Waals surface area (Å²) >= 11 is 0. The van der Waals surface area contributed by atoms with Crippen LogP contribution in [-0.2, 0) is 13.0 Å². The van der Waals surface area contributed by atoms with Gasteiger partial charge in [-0.05, 0) is 26.2 Å². The second-order valence-electron chi connectivity index (χ2n) is 3.68. The minimum Gasteiger partial charge on any atom is -0.493 e. The summed E-state index contributed by atoms with van der Waals surface area (Å²) in [6.07, 6.45) is 4.71. The highest BCUT2D eigenvalue weighted by Crippen LogP contribution is 2.19. The molecule has 0 fully saturated rings. The summed E-state index contributed by atoms with van der Waals surface area (Å²) in [5.74, 6) is 0.875. The van der Waals surface area contributed by atoms with Crippen LogP contribution in [0.15, 0.2) is 6.20 Å². The Morgan fingerprint density at radius 2 is 2.27 bits per heavy atom. The highest BCUT2D eigenvalue weighted by atomic mass is 16.5. The number of hydrogen-bond donors (Lipinski definition) is 1. The van der Waals surface area contributed by atoms with Gasteiger partial charge in [0, 0.05) is 12.6 Å². The third-order valence-corrected chi connectivity index (χ3v) is 2.71. The number of aromatic nitrogens is 2. The second-order valence-corrected chi connectivity index (χ2v) is 3.68. The van der Waals surface area contributed by atoms with Crippen molar-refractivity contribution < 1.29 is 4.74 Å². The lowest BCUT2D eigenvalue weighted by atomic mass is 10.1. The second kappa shape index (κ2) is 5.75. The van der Waals surface area contributed by atoms with E-state index in [0.29, 0.717) is 0 Å². The fourth-order valence-electron chi connectivity index (χ4n) is 1.62. The van der Waals surface area contributed by atoms with Crippen molar-refractivity contribution in [3.63, 3.8) is 0 Å². The van der Waals surface area contributed by atoms with E-state index in [-0.39, 0.29) is 6.04 Å². The van der Waals surface area contributed by atoms with Crippen molar-refractivity contribution in [3.8, 4) is 5.75 Å². The highest BCUT2D eigenvalue weighted by Gasteiger charge is 2.11. The molecule has 4 heteroatoms. The van der Waals surface area contributed by atoms with E-state index in [2.05, 4.69) is 18.9 Å². The summed E-state index contributed by atoms with van der Waals surface area (Å²) in [5, 5.41) is 4.26. The first-order valence-corrected chi connectivity index (χ1v) is 5.57. The molecule has 0 bridgehead atoms. The van der Waals surface area contributed by atoms with Gasteiger partial charge in [-0.25, -0.2) is 0 Å². The molecule has 86 valence electrons. The van der Waals surface area contributed by atoms with Crippen molar-refractivity contribution >= 4 is 0 Å². The molecule has 0 aliphatic carbocycles. The van der Waals surface area contributed by atoms with Gasteiger partial charge in [-0.15, -0.1) is 0 Å². The third kappa shape index (κ3) is 2.96. The van der Waals surface area contributed by atoms with Crippen LogP contribution in [0.3, 0.4) is 0 Å². The lowest BCUT2D eigenvalue weighted by molar-refractivity contribution is 0.405. The Balaban J connectivity index is 2.68. The maximum absolute atomic E-state index is 5.90. The SMILES string of the molecule is CCC(N)CCc1c(OC)cnn1CC. The number of hydrogen-bond acceptors (Lipinski definition) is 3. The molecule has 0 aliphatic heterocycles. The van der Waals surface area contributed by atoms with Gasteiger partial charge in [0.15, 0.2) is 5.75 Å². The molecule has 0 saturated heterocycles. The van der Waals surface area contributed by atoms with Crippen molar-refractivity contribution in [1.82, 2.24) is 9.78 Å². The highest BCUT2D eigenvalue weighted by molar-refractivity contribution is 5.25. The maximum Gasteiger partial charge on any atom is 0.159 e. The van der Waals surface area contributed by atoms with Crippen molar-refractivity contribution in [3.05, 3.63) is 11.9 Å². The zero-order valence-corrected chi connectivity index (χ0v) is 9.86. The van der Waals surface area contributed by atoms with Crippen LogP contribution in [0, 0.1) is 0 Å². The van der Waals surface area contributed by atoms with Crippen LogP contribution < -0.4 is 10.5 Å². The van der Waals surface area contributed by atoms with E-state index < -0.39 is 0 Å². The number of nitrogens with zero attached hydrogens (tertiary/aromatic N) is 2. The molecule has 0 aliphatic rings. The molecule has 1 atom stereocenters. The van der Waals surface area contributed by atoms with Crippen LogP contribution in [0.25, 0.3) is 0 Å². The molecular weight excluding hydrogens is 190 g/mol. The lowest BCUT2D eigenvalue weighted by Gasteiger charge is -2.10. The van der Waals surface area contributed by atoms with Crippen LogP contribution in [0.1, 0.15) is 32.4 Å². The van der Waals surface area contributed by atoms with Crippen LogP contribution in [0.4, 0.5) is 0 Å². The van der Waals surface area contributed by atoms with Gasteiger partial charge in [0.1, 0.15) is 0 Å². The summed E-state index contributed by atoms with van der Waals surface area (Å²) < 4.78 is 7.24. The van der Waals surface area contributed by atoms with Gasteiger partial charge >= 0.3 is 0 Å². The zero-order chi connectivity index (χ0) is 11.3. The summed E-state index contributed by atoms with van der Waals surface area (Å²) in [6.45, 7) is 5.06. The van der Waals surface area contributed by atoms with Crippen molar-refractivity contribution in [1.29, 1.82) is 0 Å². The molecule has 0 radical (unpaired) electrons. The Kier molecular flexibility index (Phi) is 4.62. The van der Waals surface area contributed by atoms with E-state index >= 15 is 0 Å². The average Bonchev–Trinajstić information content (AvgIpc) is 2.67.